The molecule has 5 heteroatoms. The largest absolute Gasteiger partial charge is 0.504 e. The number of nitrogens with zero attached hydrogens (tertiary/aromatic N) is 3. The Labute approximate surface area is 180 Å². The van der Waals surface area contributed by atoms with Gasteiger partial charge in [-0.15, -0.1) is 0 Å². The van der Waals surface area contributed by atoms with E-state index in [1.165, 1.54) is 16.7 Å². The third kappa shape index (κ3) is 3.01. The Morgan fingerprint density at radius 3 is 2.58 bits per heavy atom. The van der Waals surface area contributed by atoms with Crippen LogP contribution in [0.3, 0.4) is 0 Å². The van der Waals surface area contributed by atoms with Crippen LogP contribution in [0.15, 0.2) is 60.8 Å². The van der Waals surface area contributed by atoms with Gasteiger partial charge in [-0.2, -0.15) is 5.10 Å². The molecule has 31 heavy (non-hydrogen) atoms. The Morgan fingerprint density at radius 2 is 1.77 bits per heavy atom. The number of aromatic nitrogens is 3. The maximum atomic E-state index is 10.1. The second-order valence-electron chi connectivity index (χ2n) is 7.91. The SMILES string of the molecule is COc1cc(-c2nn(-c3cccc(C)c3C)c3c2cnc2ccc(C)cc23)ccc1O. The van der Waals surface area contributed by atoms with Crippen molar-refractivity contribution in [2.75, 3.05) is 7.11 Å². The van der Waals surface area contributed by atoms with Crippen molar-refractivity contribution in [1.29, 1.82) is 0 Å². The number of phenolic OH excluding ortho intramolecular Hbond substituents is 1. The molecule has 0 unspecified atom stereocenters. The minimum absolute atomic E-state index is 0.101. The molecule has 0 aliphatic carbocycles. The first-order valence-electron chi connectivity index (χ1n) is 10.2. The molecule has 3 aromatic carbocycles. The zero-order chi connectivity index (χ0) is 21.7. The molecule has 5 nitrogen and oxygen atoms in total. The van der Waals surface area contributed by atoms with E-state index in [2.05, 4.69) is 51.1 Å². The number of hydrogen-bond acceptors (Lipinski definition) is 4. The van der Waals surface area contributed by atoms with Crippen molar-refractivity contribution in [3.63, 3.8) is 0 Å². The summed E-state index contributed by atoms with van der Waals surface area (Å²) in [5.41, 5.74) is 8.20. The molecule has 0 radical (unpaired) electrons. The molecule has 0 spiro atoms. The topological polar surface area (TPSA) is 60.2 Å². The zero-order valence-electron chi connectivity index (χ0n) is 18.0. The molecule has 0 saturated heterocycles. The summed E-state index contributed by atoms with van der Waals surface area (Å²) >= 11 is 0. The lowest BCUT2D eigenvalue weighted by Crippen LogP contribution is -2.01. The van der Waals surface area contributed by atoms with Gasteiger partial charge in [0.15, 0.2) is 11.5 Å². The summed E-state index contributed by atoms with van der Waals surface area (Å²) in [6.07, 6.45) is 1.89. The number of methoxy groups -OCH3 is 1. The Hall–Kier alpha value is -3.86. The Balaban J connectivity index is 1.92. The molecule has 0 fully saturated rings. The lowest BCUT2D eigenvalue weighted by Gasteiger charge is -2.11. The number of ether oxygens (including phenoxy) is 1. The van der Waals surface area contributed by atoms with Gasteiger partial charge in [0.05, 0.1) is 23.8 Å². The predicted molar refractivity (Wildman–Crippen MR) is 124 cm³/mol. The molecule has 0 amide bonds. The van der Waals surface area contributed by atoms with Crippen LogP contribution in [0.2, 0.25) is 0 Å². The monoisotopic (exact) mass is 409 g/mol. The molecule has 5 aromatic rings. The van der Waals surface area contributed by atoms with Crippen molar-refractivity contribution in [3.05, 3.63) is 77.5 Å². The molecule has 0 atom stereocenters. The van der Waals surface area contributed by atoms with Crippen molar-refractivity contribution in [3.8, 4) is 28.4 Å². The lowest BCUT2D eigenvalue weighted by molar-refractivity contribution is 0.373. The highest BCUT2D eigenvalue weighted by molar-refractivity contribution is 6.09. The Kier molecular flexibility index (Phi) is 4.40. The van der Waals surface area contributed by atoms with E-state index in [1.54, 1.807) is 13.2 Å². The van der Waals surface area contributed by atoms with Crippen LogP contribution in [0.25, 0.3) is 38.8 Å². The van der Waals surface area contributed by atoms with Gasteiger partial charge in [0.1, 0.15) is 5.69 Å². The molecule has 0 saturated carbocycles. The molecule has 154 valence electrons. The van der Waals surface area contributed by atoms with Crippen molar-refractivity contribution in [2.24, 2.45) is 0 Å². The fourth-order valence-electron chi connectivity index (χ4n) is 4.08. The standard InChI is InChI=1S/C26H23N3O2/c1-15-8-10-21-19(12-15)26-20(14-27-21)25(18-9-11-23(30)24(13-18)31-4)28-29(26)22-7-5-6-16(2)17(22)3/h5-14,30H,1-4H3. The molecule has 0 aliphatic heterocycles. The quantitative estimate of drug-likeness (QED) is 0.404. The smallest absolute Gasteiger partial charge is 0.161 e. The molecule has 2 aromatic heterocycles. The van der Waals surface area contributed by atoms with Crippen LogP contribution in [0.4, 0.5) is 0 Å². The summed E-state index contributed by atoms with van der Waals surface area (Å²) in [6.45, 7) is 6.32. The number of aryl methyl sites for hydroxylation is 2. The summed E-state index contributed by atoms with van der Waals surface area (Å²) in [5.74, 6) is 0.514. The van der Waals surface area contributed by atoms with E-state index in [0.29, 0.717) is 5.75 Å². The van der Waals surface area contributed by atoms with Crippen molar-refractivity contribution in [1.82, 2.24) is 14.8 Å². The minimum atomic E-state index is 0.101. The van der Waals surface area contributed by atoms with E-state index in [0.717, 1.165) is 38.8 Å². The normalized spacial score (nSPS) is 11.4. The first-order chi connectivity index (χ1) is 15.0. The highest BCUT2D eigenvalue weighted by atomic mass is 16.5. The van der Waals surface area contributed by atoms with Gasteiger partial charge in [-0.25, -0.2) is 4.68 Å². The summed E-state index contributed by atoms with van der Waals surface area (Å²) in [7, 11) is 1.55. The van der Waals surface area contributed by atoms with Crippen molar-refractivity contribution >= 4 is 21.8 Å². The molecule has 2 heterocycles. The van der Waals surface area contributed by atoms with Crippen molar-refractivity contribution in [2.45, 2.75) is 20.8 Å². The first-order valence-corrected chi connectivity index (χ1v) is 10.2. The molecule has 0 bridgehead atoms. The fourth-order valence-corrected chi connectivity index (χ4v) is 4.08. The molecular formula is C26H23N3O2. The van der Waals surface area contributed by atoms with Gasteiger partial charge in [0, 0.05) is 22.5 Å². The van der Waals surface area contributed by atoms with Crippen molar-refractivity contribution < 1.29 is 9.84 Å². The number of phenols is 1. The second kappa shape index (κ2) is 7.13. The molecule has 0 aliphatic rings. The fraction of sp³-hybridized carbons (Fsp3) is 0.154. The van der Waals surface area contributed by atoms with Crippen LogP contribution in [-0.2, 0) is 0 Å². The summed E-state index contributed by atoms with van der Waals surface area (Å²) in [5, 5.41) is 17.1. The third-order valence-electron chi connectivity index (χ3n) is 5.92. The molecule has 5 rings (SSSR count). The van der Waals surface area contributed by atoms with Crippen LogP contribution in [0.5, 0.6) is 11.5 Å². The van der Waals surface area contributed by atoms with E-state index in [4.69, 9.17) is 14.8 Å². The summed E-state index contributed by atoms with van der Waals surface area (Å²) in [6, 6.07) is 17.9. The molecular weight excluding hydrogens is 386 g/mol. The zero-order valence-corrected chi connectivity index (χ0v) is 18.0. The van der Waals surface area contributed by atoms with Gasteiger partial charge in [0.2, 0.25) is 0 Å². The van der Waals surface area contributed by atoms with Gasteiger partial charge in [0.25, 0.3) is 0 Å². The molecule has 1 N–H and O–H groups in total. The number of pyridine rings is 1. The first kappa shape index (κ1) is 19.1. The minimum Gasteiger partial charge on any atom is -0.504 e. The predicted octanol–water partition coefficient (Wildman–Crippen LogP) is 5.88. The number of rotatable bonds is 3. The van der Waals surface area contributed by atoms with Crippen LogP contribution < -0.4 is 4.74 Å². The highest BCUT2D eigenvalue weighted by Crippen LogP contribution is 2.37. The van der Waals surface area contributed by atoms with E-state index in [9.17, 15) is 5.11 Å². The van der Waals surface area contributed by atoms with Gasteiger partial charge in [-0.05, 0) is 68.3 Å². The van der Waals surface area contributed by atoms with Gasteiger partial charge < -0.3 is 9.84 Å². The van der Waals surface area contributed by atoms with Gasteiger partial charge in [-0.3, -0.25) is 4.98 Å². The van der Waals surface area contributed by atoms with E-state index in [1.807, 2.05) is 29.1 Å². The number of hydrogen-bond donors (Lipinski definition) is 1. The summed E-state index contributed by atoms with van der Waals surface area (Å²) in [4.78, 5) is 4.71. The van der Waals surface area contributed by atoms with Gasteiger partial charge in [-0.1, -0.05) is 23.8 Å². The summed E-state index contributed by atoms with van der Waals surface area (Å²) < 4.78 is 7.35. The maximum absolute atomic E-state index is 10.1. The average Bonchev–Trinajstić information content (AvgIpc) is 3.16. The van der Waals surface area contributed by atoms with Crippen LogP contribution in [-0.4, -0.2) is 27.0 Å². The Bertz CT molecular complexity index is 1470. The average molecular weight is 409 g/mol. The van der Waals surface area contributed by atoms with Gasteiger partial charge >= 0.3 is 0 Å². The van der Waals surface area contributed by atoms with E-state index in [-0.39, 0.29) is 5.75 Å². The number of fused-ring (bicyclic) bond motifs is 3. The highest BCUT2D eigenvalue weighted by Gasteiger charge is 2.19. The van der Waals surface area contributed by atoms with E-state index >= 15 is 0 Å². The third-order valence-corrected chi connectivity index (χ3v) is 5.92. The van der Waals surface area contributed by atoms with Crippen LogP contribution >= 0.6 is 0 Å². The maximum Gasteiger partial charge on any atom is 0.161 e. The van der Waals surface area contributed by atoms with E-state index < -0.39 is 0 Å². The number of aromatic hydroxyl groups is 1. The Morgan fingerprint density at radius 1 is 0.935 bits per heavy atom. The second-order valence-corrected chi connectivity index (χ2v) is 7.91. The van der Waals surface area contributed by atoms with Crippen LogP contribution in [0.1, 0.15) is 16.7 Å². The lowest BCUT2D eigenvalue weighted by atomic mass is 10.0. The number of benzene rings is 3. The van der Waals surface area contributed by atoms with Crippen LogP contribution in [0, 0.1) is 20.8 Å².